The number of urea groups is 1. The number of benzene rings is 4. The second-order valence-electron chi connectivity index (χ2n) is 9.41. The maximum Gasteiger partial charge on any atom is 0.335 e. The van der Waals surface area contributed by atoms with Gasteiger partial charge in [0.2, 0.25) is 0 Å². The van der Waals surface area contributed by atoms with Crippen molar-refractivity contribution in [3.8, 4) is 17.2 Å². The van der Waals surface area contributed by atoms with Crippen molar-refractivity contribution in [2.24, 2.45) is 0 Å². The summed E-state index contributed by atoms with van der Waals surface area (Å²) in [5, 5.41) is 2.87. The third-order valence-electron chi connectivity index (χ3n) is 6.36. The molecule has 0 radical (unpaired) electrons. The molecule has 0 saturated carbocycles. The Morgan fingerprint density at radius 1 is 0.837 bits per heavy atom. The van der Waals surface area contributed by atoms with Crippen molar-refractivity contribution in [3.63, 3.8) is 0 Å². The molecule has 0 aromatic heterocycles. The maximum atomic E-state index is 13.5. The van der Waals surface area contributed by atoms with E-state index in [1.165, 1.54) is 6.08 Å². The summed E-state index contributed by atoms with van der Waals surface area (Å²) in [7, 11) is 0. The average Bonchev–Trinajstić information content (AvgIpc) is 2.99. The normalized spacial score (nSPS) is 14.1. The van der Waals surface area contributed by atoms with Gasteiger partial charge in [0.1, 0.15) is 24.5 Å². The van der Waals surface area contributed by atoms with E-state index in [4.69, 9.17) is 25.8 Å². The van der Waals surface area contributed by atoms with Gasteiger partial charge >= 0.3 is 6.03 Å². The Morgan fingerprint density at radius 3 is 2.28 bits per heavy atom. The molecule has 1 aliphatic rings. The molecule has 0 bridgehead atoms. The Labute approximate surface area is 267 Å². The minimum Gasteiger partial charge on any atom is -0.490 e. The summed E-state index contributed by atoms with van der Waals surface area (Å²) < 4.78 is 18.4. The molecule has 4 aromatic carbocycles. The molecule has 1 fully saturated rings. The second kappa shape index (κ2) is 13.7. The lowest BCUT2D eigenvalue weighted by atomic mass is 10.1. The molecule has 0 aliphatic carbocycles. The summed E-state index contributed by atoms with van der Waals surface area (Å²) in [5.41, 5.74) is 2.52. The lowest BCUT2D eigenvalue weighted by molar-refractivity contribution is -0.122. The molecule has 0 unspecified atom stereocenters. The number of carbonyl (C=O) groups excluding carboxylic acids is 3. The Kier molecular flexibility index (Phi) is 9.63. The van der Waals surface area contributed by atoms with Crippen LogP contribution < -0.4 is 24.4 Å². The van der Waals surface area contributed by atoms with Crippen LogP contribution in [0.25, 0.3) is 6.08 Å². The van der Waals surface area contributed by atoms with E-state index in [1.54, 1.807) is 42.5 Å². The first kappa shape index (κ1) is 30.1. The van der Waals surface area contributed by atoms with Gasteiger partial charge < -0.3 is 14.2 Å². The second-order valence-corrected chi connectivity index (χ2v) is 11.0. The number of amides is 4. The molecule has 43 heavy (non-hydrogen) atoms. The van der Waals surface area contributed by atoms with Gasteiger partial charge in [0.15, 0.2) is 11.5 Å². The van der Waals surface area contributed by atoms with Gasteiger partial charge in [-0.15, -0.1) is 0 Å². The van der Waals surface area contributed by atoms with Crippen molar-refractivity contribution in [2.45, 2.75) is 20.1 Å². The smallest absolute Gasteiger partial charge is 0.335 e. The summed E-state index contributed by atoms with van der Waals surface area (Å²) in [6, 6.07) is 26.2. The Bertz CT molecular complexity index is 1690. The molecular weight excluding hydrogens is 683 g/mol. The molecule has 4 amide bonds. The van der Waals surface area contributed by atoms with Gasteiger partial charge in [-0.2, -0.15) is 0 Å². The van der Waals surface area contributed by atoms with E-state index >= 15 is 0 Å². The molecular formula is C33H26ClIN2O6. The number of imide groups is 2. The first-order valence-electron chi connectivity index (χ1n) is 13.3. The van der Waals surface area contributed by atoms with Gasteiger partial charge in [-0.25, -0.2) is 9.69 Å². The van der Waals surface area contributed by atoms with E-state index in [0.29, 0.717) is 50.3 Å². The summed E-state index contributed by atoms with van der Waals surface area (Å²) >= 11 is 8.21. The first-order valence-corrected chi connectivity index (χ1v) is 14.8. The van der Waals surface area contributed by atoms with Crippen LogP contribution in [0.15, 0.2) is 96.6 Å². The van der Waals surface area contributed by atoms with Gasteiger partial charge in [-0.3, -0.25) is 14.9 Å². The molecule has 10 heteroatoms. The predicted molar refractivity (Wildman–Crippen MR) is 172 cm³/mol. The van der Waals surface area contributed by atoms with Crippen LogP contribution >= 0.6 is 34.2 Å². The number of hydrogen-bond acceptors (Lipinski definition) is 6. The number of carbonyl (C=O) groups is 3. The highest BCUT2D eigenvalue weighted by Crippen LogP contribution is 2.36. The van der Waals surface area contributed by atoms with Crippen molar-refractivity contribution in [1.82, 2.24) is 5.32 Å². The summed E-state index contributed by atoms with van der Waals surface area (Å²) in [5.74, 6) is 0.00521. The monoisotopic (exact) mass is 708 g/mol. The highest BCUT2D eigenvalue weighted by molar-refractivity contribution is 14.1. The molecule has 8 nitrogen and oxygen atoms in total. The predicted octanol–water partition coefficient (Wildman–Crippen LogP) is 7.17. The minimum atomic E-state index is -0.834. The van der Waals surface area contributed by atoms with E-state index in [0.717, 1.165) is 16.0 Å². The Morgan fingerprint density at radius 2 is 1.56 bits per heavy atom. The molecule has 218 valence electrons. The lowest BCUT2D eigenvalue weighted by Crippen LogP contribution is -2.54. The van der Waals surface area contributed by atoms with Crippen LogP contribution in [0.2, 0.25) is 5.02 Å². The maximum absolute atomic E-state index is 13.5. The van der Waals surface area contributed by atoms with Gasteiger partial charge in [0.05, 0.1) is 15.9 Å². The highest BCUT2D eigenvalue weighted by atomic mass is 127. The number of barbiturate groups is 1. The fourth-order valence-corrected chi connectivity index (χ4v) is 5.34. The minimum absolute atomic E-state index is 0.199. The average molecular weight is 709 g/mol. The molecule has 1 aliphatic heterocycles. The molecule has 1 saturated heterocycles. The largest absolute Gasteiger partial charge is 0.490 e. The number of ether oxygens (including phenoxy) is 3. The first-order chi connectivity index (χ1) is 20.8. The van der Waals surface area contributed by atoms with Gasteiger partial charge in [-0.1, -0.05) is 54.1 Å². The van der Waals surface area contributed by atoms with E-state index in [2.05, 4.69) is 27.9 Å². The van der Waals surface area contributed by atoms with Crippen LogP contribution in [0.5, 0.6) is 17.2 Å². The number of anilines is 1. The van der Waals surface area contributed by atoms with Gasteiger partial charge in [0, 0.05) is 5.02 Å². The van der Waals surface area contributed by atoms with Crippen LogP contribution in [-0.4, -0.2) is 24.5 Å². The van der Waals surface area contributed by atoms with Crippen molar-refractivity contribution < 1.29 is 28.6 Å². The fourth-order valence-electron chi connectivity index (χ4n) is 4.35. The van der Waals surface area contributed by atoms with Crippen LogP contribution in [0.3, 0.4) is 0 Å². The standard InChI is InChI=1S/C33H26ClIN2O6/c1-2-41-29-18-23(17-28(35)30(29)43-20-22-9-6-10-24(34)15-22)16-27-31(38)36-33(40)37(32(27)39)25-11-13-26(14-12-25)42-19-21-7-4-3-5-8-21/h3-18H,2,19-20H2,1H3,(H,36,38,40)/b27-16+. The Hall–Kier alpha value is -4.35. The molecule has 0 atom stereocenters. The number of rotatable bonds is 10. The number of nitrogens with one attached hydrogen (secondary N) is 1. The summed E-state index contributed by atoms with van der Waals surface area (Å²) in [6.07, 6.45) is 1.43. The zero-order chi connectivity index (χ0) is 30.3. The van der Waals surface area contributed by atoms with E-state index < -0.39 is 17.8 Å². The molecule has 0 spiro atoms. The summed E-state index contributed by atoms with van der Waals surface area (Å²) in [4.78, 5) is 39.9. The van der Waals surface area contributed by atoms with Crippen molar-refractivity contribution in [1.29, 1.82) is 0 Å². The third kappa shape index (κ3) is 7.36. The summed E-state index contributed by atoms with van der Waals surface area (Å²) in [6.45, 7) is 2.86. The van der Waals surface area contributed by atoms with Crippen molar-refractivity contribution in [2.75, 3.05) is 11.5 Å². The molecule has 1 heterocycles. The Balaban J connectivity index is 1.36. The van der Waals surface area contributed by atoms with E-state index in [-0.39, 0.29) is 12.2 Å². The zero-order valence-electron chi connectivity index (χ0n) is 23.0. The van der Waals surface area contributed by atoms with Gasteiger partial charge in [-0.05, 0) is 101 Å². The van der Waals surface area contributed by atoms with Crippen LogP contribution in [0.4, 0.5) is 10.5 Å². The highest BCUT2D eigenvalue weighted by Gasteiger charge is 2.37. The van der Waals surface area contributed by atoms with Crippen molar-refractivity contribution in [3.05, 3.63) is 122 Å². The molecule has 5 rings (SSSR count). The molecule has 4 aromatic rings. The van der Waals surface area contributed by atoms with Crippen LogP contribution in [0, 0.1) is 3.57 Å². The molecule has 1 N–H and O–H groups in total. The van der Waals surface area contributed by atoms with Crippen LogP contribution in [-0.2, 0) is 22.8 Å². The number of nitrogens with zero attached hydrogens (tertiary/aromatic N) is 1. The SMILES string of the molecule is CCOc1cc(/C=C2\C(=O)NC(=O)N(c3ccc(OCc4ccccc4)cc3)C2=O)cc(I)c1OCc1cccc(Cl)c1. The third-order valence-corrected chi connectivity index (χ3v) is 7.40. The zero-order valence-corrected chi connectivity index (χ0v) is 25.9. The topological polar surface area (TPSA) is 94.2 Å². The number of halogens is 2. The number of hydrogen-bond donors (Lipinski definition) is 1. The van der Waals surface area contributed by atoms with Crippen LogP contribution in [0.1, 0.15) is 23.6 Å². The quantitative estimate of drug-likeness (QED) is 0.107. The van der Waals surface area contributed by atoms with Gasteiger partial charge in [0.25, 0.3) is 11.8 Å². The lowest BCUT2D eigenvalue weighted by Gasteiger charge is -2.26. The van der Waals surface area contributed by atoms with Crippen molar-refractivity contribution >= 4 is 63.8 Å². The van der Waals surface area contributed by atoms with E-state index in [9.17, 15) is 14.4 Å². The van der Waals surface area contributed by atoms with E-state index in [1.807, 2.05) is 55.5 Å². The fraction of sp³-hybridized carbons (Fsp3) is 0.121.